The highest BCUT2D eigenvalue weighted by molar-refractivity contribution is 5.78. The minimum Gasteiger partial charge on any atom is -0.370 e. The zero-order valence-electron chi connectivity index (χ0n) is 11.9. The number of hydrogen-bond acceptors (Lipinski definition) is 3. The third-order valence-corrected chi connectivity index (χ3v) is 3.74. The van der Waals surface area contributed by atoms with Crippen LogP contribution in [0.25, 0.3) is 5.82 Å². The van der Waals surface area contributed by atoms with Crippen molar-refractivity contribution < 1.29 is 0 Å². The fourth-order valence-electron chi connectivity index (χ4n) is 2.67. The van der Waals surface area contributed by atoms with Crippen molar-refractivity contribution in [2.45, 2.75) is 38.3 Å². The van der Waals surface area contributed by atoms with Crippen molar-refractivity contribution in [1.82, 2.24) is 19.9 Å². The van der Waals surface area contributed by atoms with Crippen LogP contribution in [0.15, 0.2) is 42.0 Å². The van der Waals surface area contributed by atoms with Crippen LogP contribution < -0.4 is 11.1 Å². The Balaban J connectivity index is 1.70. The monoisotopic (exact) mass is 284 g/mol. The second-order valence-electron chi connectivity index (χ2n) is 5.28. The number of nitrogens with two attached hydrogens (primary N) is 1. The third-order valence-electron chi connectivity index (χ3n) is 3.74. The van der Waals surface area contributed by atoms with Crippen LogP contribution in [0.1, 0.15) is 31.2 Å². The summed E-state index contributed by atoms with van der Waals surface area (Å²) in [6.45, 7) is 0.507. The summed E-state index contributed by atoms with van der Waals surface area (Å²) in [7, 11) is 0. The first-order valence-corrected chi connectivity index (χ1v) is 7.31. The van der Waals surface area contributed by atoms with Crippen LogP contribution in [-0.2, 0) is 6.54 Å². The third kappa shape index (κ3) is 3.39. The summed E-state index contributed by atoms with van der Waals surface area (Å²) >= 11 is 0. The van der Waals surface area contributed by atoms with Gasteiger partial charge in [-0.2, -0.15) is 0 Å². The quantitative estimate of drug-likeness (QED) is 0.660. The smallest absolute Gasteiger partial charge is 0.189 e. The molecule has 2 aromatic rings. The molecule has 3 rings (SSSR count). The summed E-state index contributed by atoms with van der Waals surface area (Å²) in [5, 5.41) is 3.29. The molecule has 0 aliphatic heterocycles. The Bertz CT molecular complexity index is 598. The number of imidazole rings is 1. The molecule has 0 saturated heterocycles. The van der Waals surface area contributed by atoms with E-state index in [0.29, 0.717) is 18.5 Å². The number of pyridine rings is 1. The van der Waals surface area contributed by atoms with E-state index < -0.39 is 0 Å². The first-order valence-electron chi connectivity index (χ1n) is 7.31. The molecule has 6 heteroatoms. The number of nitrogens with zero attached hydrogens (tertiary/aromatic N) is 4. The van der Waals surface area contributed by atoms with Crippen molar-refractivity contribution in [2.75, 3.05) is 0 Å². The summed E-state index contributed by atoms with van der Waals surface area (Å²) < 4.78 is 1.88. The van der Waals surface area contributed by atoms with Gasteiger partial charge in [0.05, 0.1) is 6.54 Å². The number of aromatic nitrogens is 3. The van der Waals surface area contributed by atoms with E-state index in [0.717, 1.165) is 11.4 Å². The van der Waals surface area contributed by atoms with Gasteiger partial charge in [-0.25, -0.2) is 15.0 Å². The number of hydrogen-bond donors (Lipinski definition) is 2. The molecule has 0 aromatic carbocycles. The molecule has 110 valence electrons. The molecule has 0 unspecified atom stereocenters. The second kappa shape index (κ2) is 6.39. The fraction of sp³-hybridized carbons (Fsp3) is 0.400. The van der Waals surface area contributed by atoms with Crippen LogP contribution in [0.3, 0.4) is 0 Å². The summed E-state index contributed by atoms with van der Waals surface area (Å²) in [4.78, 5) is 12.9. The van der Waals surface area contributed by atoms with Gasteiger partial charge in [-0.05, 0) is 18.9 Å². The van der Waals surface area contributed by atoms with Crippen molar-refractivity contribution in [3.05, 3.63) is 42.6 Å². The highest BCUT2D eigenvalue weighted by Crippen LogP contribution is 2.17. The normalized spacial score (nSPS) is 16.3. The van der Waals surface area contributed by atoms with Crippen molar-refractivity contribution >= 4 is 5.96 Å². The van der Waals surface area contributed by atoms with Gasteiger partial charge < -0.3 is 11.1 Å². The standard InChI is InChI=1S/C15H20N6/c16-15(20-13-5-1-2-6-13)19-10-12-4-3-7-18-14(12)21-9-8-17-11-21/h3-4,7-9,11,13H,1-2,5-6,10H2,(H3,16,19,20). The molecule has 1 aliphatic carbocycles. The highest BCUT2D eigenvalue weighted by Gasteiger charge is 2.14. The van der Waals surface area contributed by atoms with E-state index in [4.69, 9.17) is 5.73 Å². The number of guanidine groups is 1. The molecule has 0 bridgehead atoms. The molecule has 2 aromatic heterocycles. The summed E-state index contributed by atoms with van der Waals surface area (Å²) in [6.07, 6.45) is 12.0. The molecular weight excluding hydrogens is 264 g/mol. The Morgan fingerprint density at radius 2 is 2.24 bits per heavy atom. The average Bonchev–Trinajstić information content (AvgIpc) is 3.18. The van der Waals surface area contributed by atoms with E-state index in [2.05, 4.69) is 20.3 Å². The number of aliphatic imine (C=N–C) groups is 1. The minimum atomic E-state index is 0.482. The Labute approximate surface area is 124 Å². The molecule has 6 nitrogen and oxygen atoms in total. The highest BCUT2D eigenvalue weighted by atomic mass is 15.1. The predicted octanol–water partition coefficient (Wildman–Crippen LogP) is 1.61. The van der Waals surface area contributed by atoms with Crippen LogP contribution in [0.4, 0.5) is 0 Å². The molecule has 2 heterocycles. The van der Waals surface area contributed by atoms with Gasteiger partial charge in [0.2, 0.25) is 0 Å². The lowest BCUT2D eigenvalue weighted by Crippen LogP contribution is -2.38. The Kier molecular flexibility index (Phi) is 4.14. The van der Waals surface area contributed by atoms with Crippen LogP contribution in [0, 0.1) is 0 Å². The zero-order valence-corrected chi connectivity index (χ0v) is 11.9. The number of nitrogens with one attached hydrogen (secondary N) is 1. The van der Waals surface area contributed by atoms with E-state index in [-0.39, 0.29) is 0 Å². The maximum atomic E-state index is 5.97. The van der Waals surface area contributed by atoms with E-state index in [1.165, 1.54) is 25.7 Å². The van der Waals surface area contributed by atoms with Gasteiger partial charge in [0.25, 0.3) is 0 Å². The Morgan fingerprint density at radius 3 is 3.00 bits per heavy atom. The first kappa shape index (κ1) is 13.6. The van der Waals surface area contributed by atoms with Crippen molar-refractivity contribution in [3.8, 4) is 5.82 Å². The van der Waals surface area contributed by atoms with Gasteiger partial charge in [-0.3, -0.25) is 4.57 Å². The van der Waals surface area contributed by atoms with Crippen LogP contribution in [0.2, 0.25) is 0 Å². The average molecular weight is 284 g/mol. The Hall–Kier alpha value is -2.37. The van der Waals surface area contributed by atoms with Crippen molar-refractivity contribution in [1.29, 1.82) is 0 Å². The minimum absolute atomic E-state index is 0.482. The maximum Gasteiger partial charge on any atom is 0.189 e. The van der Waals surface area contributed by atoms with Crippen LogP contribution in [0.5, 0.6) is 0 Å². The molecule has 1 aliphatic rings. The van der Waals surface area contributed by atoms with Crippen LogP contribution in [-0.4, -0.2) is 26.5 Å². The van der Waals surface area contributed by atoms with E-state index in [1.54, 1.807) is 18.7 Å². The van der Waals surface area contributed by atoms with Gasteiger partial charge in [0.1, 0.15) is 12.1 Å². The fourth-order valence-corrected chi connectivity index (χ4v) is 2.67. The number of rotatable bonds is 4. The van der Waals surface area contributed by atoms with Gasteiger partial charge >= 0.3 is 0 Å². The van der Waals surface area contributed by atoms with Gasteiger partial charge in [-0.1, -0.05) is 18.9 Å². The van der Waals surface area contributed by atoms with Gasteiger partial charge in [-0.15, -0.1) is 0 Å². The van der Waals surface area contributed by atoms with Crippen molar-refractivity contribution in [2.24, 2.45) is 10.7 Å². The lowest BCUT2D eigenvalue weighted by atomic mass is 10.2. The SMILES string of the molecule is NC(=NCc1cccnc1-n1ccnc1)NC1CCCC1. The van der Waals surface area contributed by atoms with Gasteiger partial charge in [0, 0.05) is 30.2 Å². The molecule has 0 radical (unpaired) electrons. The zero-order chi connectivity index (χ0) is 14.5. The molecule has 0 spiro atoms. The topological polar surface area (TPSA) is 81.1 Å². The first-order chi connectivity index (χ1) is 10.3. The molecule has 3 N–H and O–H groups in total. The molecule has 1 fully saturated rings. The molecule has 0 atom stereocenters. The largest absolute Gasteiger partial charge is 0.370 e. The summed E-state index contributed by atoms with van der Waals surface area (Å²) in [5.74, 6) is 1.36. The molecule has 1 saturated carbocycles. The lowest BCUT2D eigenvalue weighted by molar-refractivity contribution is 0.625. The Morgan fingerprint density at radius 1 is 1.38 bits per heavy atom. The van der Waals surface area contributed by atoms with Crippen molar-refractivity contribution in [3.63, 3.8) is 0 Å². The summed E-state index contributed by atoms with van der Waals surface area (Å²) in [6, 6.07) is 4.40. The summed E-state index contributed by atoms with van der Waals surface area (Å²) in [5.41, 5.74) is 6.99. The maximum absolute atomic E-state index is 5.97. The van der Waals surface area contributed by atoms with Gasteiger partial charge in [0.15, 0.2) is 5.96 Å². The van der Waals surface area contributed by atoms with E-state index >= 15 is 0 Å². The lowest BCUT2D eigenvalue weighted by Gasteiger charge is -2.12. The molecule has 0 amide bonds. The molecular formula is C15H20N6. The van der Waals surface area contributed by atoms with E-state index in [9.17, 15) is 0 Å². The molecule has 21 heavy (non-hydrogen) atoms. The predicted molar refractivity (Wildman–Crippen MR) is 82.1 cm³/mol. The second-order valence-corrected chi connectivity index (χ2v) is 5.28. The van der Waals surface area contributed by atoms with E-state index in [1.807, 2.05) is 22.9 Å². The van der Waals surface area contributed by atoms with Crippen LogP contribution >= 0.6 is 0 Å².